The summed E-state index contributed by atoms with van der Waals surface area (Å²) in [6, 6.07) is 4.95. The normalized spacial score (nSPS) is 15.1. The van der Waals surface area contributed by atoms with Gasteiger partial charge in [0.2, 0.25) is 0 Å². The Kier molecular flexibility index (Phi) is 4.16. The predicted molar refractivity (Wildman–Crippen MR) is 84.9 cm³/mol. The summed E-state index contributed by atoms with van der Waals surface area (Å²) in [5.74, 6) is 0.0439. The van der Waals surface area contributed by atoms with Crippen molar-refractivity contribution in [2.75, 3.05) is 6.54 Å². The van der Waals surface area contributed by atoms with E-state index in [9.17, 15) is 13.2 Å². The summed E-state index contributed by atoms with van der Waals surface area (Å²) in [4.78, 5) is 15.6. The molecule has 0 spiro atoms. The van der Waals surface area contributed by atoms with Gasteiger partial charge in [-0.05, 0) is 36.6 Å². The minimum atomic E-state index is -3.66. The van der Waals surface area contributed by atoms with Crippen LogP contribution < -0.4 is 5.48 Å². The smallest absolute Gasteiger partial charge is 0.274 e. The average Bonchev–Trinajstić information content (AvgIpc) is 2.93. The molecule has 2 aromatic rings. The minimum absolute atomic E-state index is 0.0437. The first-order chi connectivity index (χ1) is 11.3. The van der Waals surface area contributed by atoms with E-state index in [0.717, 1.165) is 11.1 Å². The van der Waals surface area contributed by atoms with Crippen LogP contribution in [0.2, 0.25) is 0 Å². The maximum Gasteiger partial charge on any atom is 0.274 e. The van der Waals surface area contributed by atoms with Crippen molar-refractivity contribution in [3.63, 3.8) is 0 Å². The number of carbonyl (C=O) groups excluding carboxylic acids is 1. The van der Waals surface area contributed by atoms with Crippen LogP contribution in [0.4, 0.5) is 0 Å². The van der Waals surface area contributed by atoms with Gasteiger partial charge in [-0.1, -0.05) is 6.07 Å². The first kappa shape index (κ1) is 16.6. The van der Waals surface area contributed by atoms with Crippen LogP contribution in [0.15, 0.2) is 29.4 Å². The van der Waals surface area contributed by atoms with Gasteiger partial charge in [-0.3, -0.25) is 10.0 Å². The SMILES string of the molecule is Cc1nc(S(=O)(=O)N2CCc3cc(C(=O)NO)ccc3C2)cn1C. The van der Waals surface area contributed by atoms with E-state index in [1.54, 1.807) is 42.2 Å². The number of rotatable bonds is 3. The van der Waals surface area contributed by atoms with Crippen molar-refractivity contribution in [1.29, 1.82) is 0 Å². The molecule has 0 bridgehead atoms. The molecule has 2 heterocycles. The van der Waals surface area contributed by atoms with Gasteiger partial charge in [0.1, 0.15) is 5.82 Å². The molecule has 0 saturated heterocycles. The summed E-state index contributed by atoms with van der Waals surface area (Å²) < 4.78 is 28.5. The van der Waals surface area contributed by atoms with Gasteiger partial charge in [0.25, 0.3) is 15.9 Å². The Morgan fingerprint density at radius 2 is 2.08 bits per heavy atom. The summed E-state index contributed by atoms with van der Waals surface area (Å²) in [6.07, 6.45) is 2.00. The van der Waals surface area contributed by atoms with Crippen molar-refractivity contribution in [3.8, 4) is 0 Å². The van der Waals surface area contributed by atoms with Crippen LogP contribution in [0.5, 0.6) is 0 Å². The topological polar surface area (TPSA) is 105 Å². The van der Waals surface area contributed by atoms with Gasteiger partial charge in [0.05, 0.1) is 0 Å². The number of nitrogens with zero attached hydrogens (tertiary/aromatic N) is 3. The van der Waals surface area contributed by atoms with Gasteiger partial charge in [-0.2, -0.15) is 4.31 Å². The Bertz CT molecular complexity index is 885. The van der Waals surface area contributed by atoms with Crippen LogP contribution in [-0.4, -0.2) is 39.9 Å². The number of amides is 1. The molecule has 1 aromatic carbocycles. The lowest BCUT2D eigenvalue weighted by Gasteiger charge is -2.27. The van der Waals surface area contributed by atoms with E-state index in [1.165, 1.54) is 10.5 Å². The number of sulfonamides is 1. The molecule has 1 amide bonds. The van der Waals surface area contributed by atoms with E-state index >= 15 is 0 Å². The quantitative estimate of drug-likeness (QED) is 0.623. The Hall–Kier alpha value is -2.23. The number of aromatic nitrogens is 2. The zero-order chi connectivity index (χ0) is 17.5. The third kappa shape index (κ3) is 2.81. The number of hydrogen-bond donors (Lipinski definition) is 2. The zero-order valence-corrected chi connectivity index (χ0v) is 14.2. The third-order valence-corrected chi connectivity index (χ3v) is 5.95. The first-order valence-electron chi connectivity index (χ1n) is 7.39. The van der Waals surface area contributed by atoms with Crippen LogP contribution in [0.3, 0.4) is 0 Å². The largest absolute Gasteiger partial charge is 0.337 e. The molecule has 0 unspecified atom stereocenters. The van der Waals surface area contributed by atoms with E-state index in [1.807, 2.05) is 0 Å². The summed E-state index contributed by atoms with van der Waals surface area (Å²) in [5.41, 5.74) is 3.68. The fraction of sp³-hybridized carbons (Fsp3) is 0.333. The fourth-order valence-corrected chi connectivity index (χ4v) is 4.16. The van der Waals surface area contributed by atoms with Gasteiger partial charge >= 0.3 is 0 Å². The minimum Gasteiger partial charge on any atom is -0.337 e. The van der Waals surface area contributed by atoms with Gasteiger partial charge in [-0.15, -0.1) is 0 Å². The van der Waals surface area contributed by atoms with Gasteiger partial charge < -0.3 is 4.57 Å². The number of fused-ring (bicyclic) bond motifs is 1. The molecule has 24 heavy (non-hydrogen) atoms. The van der Waals surface area contributed by atoms with Crippen molar-refractivity contribution in [3.05, 3.63) is 46.9 Å². The van der Waals surface area contributed by atoms with Crippen LogP contribution >= 0.6 is 0 Å². The highest BCUT2D eigenvalue weighted by molar-refractivity contribution is 7.89. The molecule has 128 valence electrons. The number of benzene rings is 1. The van der Waals surface area contributed by atoms with Crippen molar-refractivity contribution < 1.29 is 18.4 Å². The molecule has 9 heteroatoms. The average molecular weight is 350 g/mol. The zero-order valence-electron chi connectivity index (χ0n) is 13.4. The molecular formula is C15H18N4O4S. The second-order valence-corrected chi connectivity index (χ2v) is 7.64. The lowest BCUT2D eigenvalue weighted by molar-refractivity contribution is 0.0706. The molecule has 1 aliphatic rings. The fourth-order valence-electron chi connectivity index (χ4n) is 2.72. The van der Waals surface area contributed by atoms with E-state index < -0.39 is 15.9 Å². The monoisotopic (exact) mass is 350 g/mol. The van der Waals surface area contributed by atoms with Gasteiger partial charge in [0, 0.05) is 31.9 Å². The van der Waals surface area contributed by atoms with Gasteiger partial charge in [0.15, 0.2) is 5.03 Å². The van der Waals surface area contributed by atoms with Crippen LogP contribution in [0, 0.1) is 6.92 Å². The van der Waals surface area contributed by atoms with Crippen molar-refractivity contribution in [2.45, 2.75) is 24.9 Å². The number of nitrogens with one attached hydrogen (secondary N) is 1. The summed E-state index contributed by atoms with van der Waals surface area (Å²) in [5, 5.41) is 8.74. The molecular weight excluding hydrogens is 332 g/mol. The second-order valence-electron chi connectivity index (χ2n) is 5.75. The third-order valence-electron chi connectivity index (χ3n) is 4.24. The molecule has 1 aliphatic heterocycles. The number of carbonyl (C=O) groups is 1. The first-order valence-corrected chi connectivity index (χ1v) is 8.83. The lowest BCUT2D eigenvalue weighted by Crippen LogP contribution is -2.36. The maximum absolute atomic E-state index is 12.7. The molecule has 2 N–H and O–H groups in total. The Balaban J connectivity index is 1.88. The molecule has 0 atom stereocenters. The van der Waals surface area contributed by atoms with Crippen molar-refractivity contribution in [2.24, 2.45) is 7.05 Å². The highest BCUT2D eigenvalue weighted by Gasteiger charge is 2.30. The van der Waals surface area contributed by atoms with Crippen LogP contribution in [-0.2, 0) is 30.0 Å². The van der Waals surface area contributed by atoms with Crippen molar-refractivity contribution >= 4 is 15.9 Å². The Morgan fingerprint density at radius 1 is 1.33 bits per heavy atom. The van der Waals surface area contributed by atoms with Crippen LogP contribution in [0.1, 0.15) is 27.3 Å². The number of aryl methyl sites for hydroxylation is 2. The molecule has 8 nitrogen and oxygen atoms in total. The predicted octanol–water partition coefficient (Wildman–Crippen LogP) is 0.595. The number of hydrogen-bond acceptors (Lipinski definition) is 5. The molecule has 0 aliphatic carbocycles. The van der Waals surface area contributed by atoms with Gasteiger partial charge in [-0.25, -0.2) is 18.9 Å². The Morgan fingerprint density at radius 3 is 2.71 bits per heavy atom. The van der Waals surface area contributed by atoms with E-state index in [0.29, 0.717) is 24.4 Å². The van der Waals surface area contributed by atoms with E-state index in [4.69, 9.17) is 5.21 Å². The second kappa shape index (κ2) is 6.00. The Labute approximate surface area is 139 Å². The van der Waals surface area contributed by atoms with Crippen molar-refractivity contribution in [1.82, 2.24) is 19.3 Å². The summed E-state index contributed by atoms with van der Waals surface area (Å²) >= 11 is 0. The summed E-state index contributed by atoms with van der Waals surface area (Å²) in [7, 11) is -1.90. The molecule has 3 rings (SSSR count). The number of imidazole rings is 1. The highest BCUT2D eigenvalue weighted by atomic mass is 32.2. The molecule has 0 saturated carbocycles. The molecule has 0 fully saturated rings. The lowest BCUT2D eigenvalue weighted by atomic mass is 9.98. The molecule has 0 radical (unpaired) electrons. The summed E-state index contributed by atoms with van der Waals surface area (Å²) in [6.45, 7) is 2.29. The number of hydroxylamine groups is 1. The highest BCUT2D eigenvalue weighted by Crippen LogP contribution is 2.25. The molecule has 1 aromatic heterocycles. The van der Waals surface area contributed by atoms with E-state index in [-0.39, 0.29) is 11.6 Å². The van der Waals surface area contributed by atoms with Crippen LogP contribution in [0.25, 0.3) is 0 Å². The maximum atomic E-state index is 12.7. The van der Waals surface area contributed by atoms with E-state index in [2.05, 4.69) is 4.98 Å². The standard InChI is InChI=1S/C15H18N4O4S/c1-10-16-14(9-18(10)2)24(22,23)19-6-5-11-7-12(15(20)17-21)3-4-13(11)8-19/h3-4,7,9,21H,5-6,8H2,1-2H3,(H,17,20).